The van der Waals surface area contributed by atoms with E-state index in [0.29, 0.717) is 17.0 Å². The van der Waals surface area contributed by atoms with E-state index in [1.165, 1.54) is 29.4 Å². The van der Waals surface area contributed by atoms with E-state index < -0.39 is 31.1 Å². The van der Waals surface area contributed by atoms with Crippen molar-refractivity contribution in [2.24, 2.45) is 0 Å². The quantitative estimate of drug-likeness (QED) is 0.504. The average molecular weight is 389 g/mol. The van der Waals surface area contributed by atoms with Gasteiger partial charge in [0.15, 0.2) is 23.2 Å². The maximum absolute atomic E-state index is 13.1. The lowest BCUT2D eigenvalue weighted by molar-refractivity contribution is -0.0511. The van der Waals surface area contributed by atoms with Crippen LogP contribution in [0.25, 0.3) is 11.2 Å². The fourth-order valence-electron chi connectivity index (χ4n) is 3.29. The minimum atomic E-state index is -1.24. The molecule has 0 bridgehead atoms. The number of benzene rings is 1. The summed E-state index contributed by atoms with van der Waals surface area (Å²) in [7, 11) is 0. The first kappa shape index (κ1) is 18.7. The van der Waals surface area contributed by atoms with Gasteiger partial charge in [-0.1, -0.05) is 12.1 Å². The van der Waals surface area contributed by atoms with Crippen LogP contribution < -0.4 is 5.32 Å². The SMILES string of the molecule is CC(Nc1ncnc2c1ncn2C1OC(CO)C(O)C1O)c1ccc(F)cc1. The number of nitrogens with one attached hydrogen (secondary N) is 1. The van der Waals surface area contributed by atoms with Crippen molar-refractivity contribution < 1.29 is 24.4 Å². The Bertz CT molecular complexity index is 966. The van der Waals surface area contributed by atoms with Gasteiger partial charge in [0.2, 0.25) is 0 Å². The third kappa shape index (κ3) is 3.20. The molecule has 1 fully saturated rings. The molecule has 0 spiro atoms. The summed E-state index contributed by atoms with van der Waals surface area (Å²) in [6.07, 6.45) is -1.50. The van der Waals surface area contributed by atoms with E-state index in [1.54, 1.807) is 12.1 Å². The third-order valence-electron chi connectivity index (χ3n) is 4.87. The van der Waals surface area contributed by atoms with E-state index in [2.05, 4.69) is 20.3 Å². The van der Waals surface area contributed by atoms with Gasteiger partial charge in [0.1, 0.15) is 30.5 Å². The molecule has 5 atom stereocenters. The van der Waals surface area contributed by atoms with Crippen LogP contribution in [0.5, 0.6) is 0 Å². The van der Waals surface area contributed by atoms with E-state index >= 15 is 0 Å². The predicted octanol–water partition coefficient (Wildman–Crippen LogP) is 0.750. The minimum Gasteiger partial charge on any atom is -0.394 e. The van der Waals surface area contributed by atoms with E-state index in [1.807, 2.05) is 6.92 Å². The van der Waals surface area contributed by atoms with Crippen LogP contribution in [0.3, 0.4) is 0 Å². The lowest BCUT2D eigenvalue weighted by Crippen LogP contribution is -2.33. The highest BCUT2D eigenvalue weighted by Crippen LogP contribution is 2.32. The molecule has 2 aromatic heterocycles. The monoisotopic (exact) mass is 389 g/mol. The minimum absolute atomic E-state index is 0.169. The van der Waals surface area contributed by atoms with Crippen molar-refractivity contribution in [1.82, 2.24) is 19.5 Å². The number of imidazole rings is 1. The summed E-state index contributed by atoms with van der Waals surface area (Å²) < 4.78 is 20.2. The number of halogens is 1. The van der Waals surface area contributed by atoms with E-state index in [0.717, 1.165) is 5.56 Å². The summed E-state index contributed by atoms with van der Waals surface area (Å²) in [6, 6.07) is 5.98. The molecule has 4 rings (SSSR count). The van der Waals surface area contributed by atoms with Crippen LogP contribution in [0.15, 0.2) is 36.9 Å². The maximum Gasteiger partial charge on any atom is 0.167 e. The van der Waals surface area contributed by atoms with Crippen LogP contribution >= 0.6 is 0 Å². The fraction of sp³-hybridized carbons (Fsp3) is 0.389. The predicted molar refractivity (Wildman–Crippen MR) is 96.8 cm³/mol. The van der Waals surface area contributed by atoms with Gasteiger partial charge in [-0.15, -0.1) is 0 Å². The molecule has 1 aliphatic rings. The number of ether oxygens (including phenoxy) is 1. The number of anilines is 1. The van der Waals surface area contributed by atoms with Gasteiger partial charge in [-0.25, -0.2) is 19.3 Å². The molecule has 1 aromatic carbocycles. The van der Waals surface area contributed by atoms with E-state index in [-0.39, 0.29) is 11.9 Å². The summed E-state index contributed by atoms with van der Waals surface area (Å²) in [6.45, 7) is 1.49. The number of aromatic nitrogens is 4. The Morgan fingerprint density at radius 1 is 1.18 bits per heavy atom. The highest BCUT2D eigenvalue weighted by molar-refractivity contribution is 5.82. The number of rotatable bonds is 5. The van der Waals surface area contributed by atoms with Gasteiger partial charge in [0.05, 0.1) is 19.0 Å². The van der Waals surface area contributed by atoms with Gasteiger partial charge >= 0.3 is 0 Å². The zero-order valence-corrected chi connectivity index (χ0v) is 15.0. The molecule has 4 N–H and O–H groups in total. The molecule has 3 heterocycles. The summed E-state index contributed by atoms with van der Waals surface area (Å²) in [4.78, 5) is 12.8. The Balaban J connectivity index is 1.63. The van der Waals surface area contributed by atoms with Crippen LogP contribution in [-0.4, -0.2) is 59.8 Å². The van der Waals surface area contributed by atoms with Gasteiger partial charge in [-0.2, -0.15) is 0 Å². The van der Waals surface area contributed by atoms with Crippen LogP contribution in [0.2, 0.25) is 0 Å². The molecule has 1 aliphatic heterocycles. The molecule has 148 valence electrons. The molecule has 10 heteroatoms. The highest BCUT2D eigenvalue weighted by Gasteiger charge is 2.44. The fourth-order valence-corrected chi connectivity index (χ4v) is 3.29. The Morgan fingerprint density at radius 3 is 2.61 bits per heavy atom. The zero-order chi connectivity index (χ0) is 19.8. The van der Waals surface area contributed by atoms with Gasteiger partial charge in [-0.05, 0) is 24.6 Å². The Labute approximate surface area is 159 Å². The molecule has 0 radical (unpaired) electrons. The second-order valence-electron chi connectivity index (χ2n) is 6.69. The average Bonchev–Trinajstić information content (AvgIpc) is 3.24. The van der Waals surface area contributed by atoms with Crippen molar-refractivity contribution in [3.63, 3.8) is 0 Å². The normalized spacial score (nSPS) is 25.9. The van der Waals surface area contributed by atoms with Crippen molar-refractivity contribution in [1.29, 1.82) is 0 Å². The van der Waals surface area contributed by atoms with Crippen molar-refractivity contribution >= 4 is 17.0 Å². The van der Waals surface area contributed by atoms with E-state index in [4.69, 9.17) is 4.74 Å². The van der Waals surface area contributed by atoms with Gasteiger partial charge in [-0.3, -0.25) is 4.57 Å². The number of nitrogens with zero attached hydrogens (tertiary/aromatic N) is 4. The third-order valence-corrected chi connectivity index (χ3v) is 4.87. The van der Waals surface area contributed by atoms with E-state index in [9.17, 15) is 19.7 Å². The highest BCUT2D eigenvalue weighted by atomic mass is 19.1. The first-order chi connectivity index (χ1) is 13.5. The number of fused-ring (bicyclic) bond motifs is 1. The van der Waals surface area contributed by atoms with Gasteiger partial charge < -0.3 is 25.4 Å². The molecule has 9 nitrogen and oxygen atoms in total. The smallest absolute Gasteiger partial charge is 0.167 e. The van der Waals surface area contributed by atoms with Crippen LogP contribution in [0.4, 0.5) is 10.2 Å². The van der Waals surface area contributed by atoms with Crippen LogP contribution in [-0.2, 0) is 4.74 Å². The topological polar surface area (TPSA) is 126 Å². The first-order valence-corrected chi connectivity index (χ1v) is 8.81. The van der Waals surface area contributed by atoms with Gasteiger partial charge in [0.25, 0.3) is 0 Å². The number of hydrogen-bond donors (Lipinski definition) is 4. The lowest BCUT2D eigenvalue weighted by atomic mass is 10.1. The number of hydrogen-bond acceptors (Lipinski definition) is 8. The van der Waals surface area contributed by atoms with Gasteiger partial charge in [0, 0.05) is 0 Å². The summed E-state index contributed by atoms with van der Waals surface area (Å²) in [5.41, 5.74) is 1.73. The lowest BCUT2D eigenvalue weighted by Gasteiger charge is -2.17. The van der Waals surface area contributed by atoms with Crippen molar-refractivity contribution in [2.75, 3.05) is 11.9 Å². The number of aliphatic hydroxyl groups excluding tert-OH is 3. The summed E-state index contributed by atoms with van der Waals surface area (Å²) >= 11 is 0. The van der Waals surface area contributed by atoms with Crippen LogP contribution in [0, 0.1) is 5.82 Å². The van der Waals surface area contributed by atoms with Crippen molar-refractivity contribution in [3.05, 3.63) is 48.3 Å². The second-order valence-corrected chi connectivity index (χ2v) is 6.69. The van der Waals surface area contributed by atoms with Crippen LogP contribution in [0.1, 0.15) is 24.8 Å². The molecule has 5 unspecified atom stereocenters. The van der Waals surface area contributed by atoms with Crippen molar-refractivity contribution in [2.45, 2.75) is 37.5 Å². The maximum atomic E-state index is 13.1. The molecule has 28 heavy (non-hydrogen) atoms. The Hall–Kier alpha value is -2.66. The standard InChI is InChI=1S/C18H20FN5O4/c1-9(10-2-4-11(19)5-3-10)23-16-13-17(21-7-20-16)24(8-22-13)18-15(27)14(26)12(6-25)28-18/h2-5,7-9,12,14-15,18,25-27H,6H2,1H3,(H,20,21,23). The summed E-state index contributed by atoms with van der Waals surface area (Å²) in [5, 5.41) is 32.7. The molecular formula is C18H20FN5O4. The first-order valence-electron chi connectivity index (χ1n) is 8.81. The number of aliphatic hydroxyl groups is 3. The molecule has 0 saturated carbocycles. The Morgan fingerprint density at radius 2 is 1.93 bits per heavy atom. The summed E-state index contributed by atoms with van der Waals surface area (Å²) in [5.74, 6) is 0.157. The largest absolute Gasteiger partial charge is 0.394 e. The molecule has 3 aromatic rings. The molecular weight excluding hydrogens is 369 g/mol. The van der Waals surface area contributed by atoms with Crippen molar-refractivity contribution in [3.8, 4) is 0 Å². The molecule has 1 saturated heterocycles. The molecule has 0 aliphatic carbocycles. The zero-order valence-electron chi connectivity index (χ0n) is 15.0. The Kier molecular flexibility index (Phi) is 4.94. The second kappa shape index (κ2) is 7.40. The molecule has 0 amide bonds.